The Labute approximate surface area is 114 Å². The first kappa shape index (κ1) is 14.0. The summed E-state index contributed by atoms with van der Waals surface area (Å²) in [5.41, 5.74) is 0.244. The lowest BCUT2D eigenvalue weighted by Gasteiger charge is -2.07. The second-order valence-electron chi connectivity index (χ2n) is 3.87. The highest BCUT2D eigenvalue weighted by atomic mass is 32.1. The second-order valence-corrected chi connectivity index (χ2v) is 5.04. The predicted octanol–water partition coefficient (Wildman–Crippen LogP) is 4.24. The number of ether oxygens (including phenoxy) is 2. The fourth-order valence-corrected chi connectivity index (χ4v) is 2.73. The van der Waals surface area contributed by atoms with E-state index in [0.29, 0.717) is 18.1 Å². The van der Waals surface area contributed by atoms with Crippen molar-refractivity contribution >= 4 is 11.3 Å². The number of halogens is 2. The third kappa shape index (κ3) is 2.93. The Morgan fingerprint density at radius 3 is 2.58 bits per heavy atom. The summed E-state index contributed by atoms with van der Waals surface area (Å²) in [6, 6.07) is 6.59. The van der Waals surface area contributed by atoms with Crippen LogP contribution in [0.5, 0.6) is 5.75 Å². The molecule has 19 heavy (non-hydrogen) atoms. The Morgan fingerprint density at radius 2 is 1.89 bits per heavy atom. The van der Waals surface area contributed by atoms with E-state index in [2.05, 4.69) is 0 Å². The number of rotatable bonds is 5. The van der Waals surface area contributed by atoms with Gasteiger partial charge in [-0.3, -0.25) is 0 Å². The topological polar surface area (TPSA) is 18.5 Å². The molecule has 0 aliphatic heterocycles. The van der Waals surface area contributed by atoms with Gasteiger partial charge in [-0.15, -0.1) is 11.3 Å². The van der Waals surface area contributed by atoms with Gasteiger partial charge in [0, 0.05) is 22.4 Å². The molecule has 1 aromatic heterocycles. The smallest absolute Gasteiger partial charge is 0.201 e. The lowest BCUT2D eigenvalue weighted by Crippen LogP contribution is -1.98. The van der Waals surface area contributed by atoms with E-state index in [1.165, 1.54) is 23.5 Å². The highest BCUT2D eigenvalue weighted by Gasteiger charge is 2.16. The van der Waals surface area contributed by atoms with Gasteiger partial charge in [0.25, 0.3) is 0 Å². The van der Waals surface area contributed by atoms with Crippen molar-refractivity contribution in [2.75, 3.05) is 13.7 Å². The molecule has 0 saturated carbocycles. The summed E-state index contributed by atoms with van der Waals surface area (Å²) in [4.78, 5) is 1.64. The van der Waals surface area contributed by atoms with Crippen LogP contribution in [-0.2, 0) is 11.3 Å². The molecular formula is C14H14F2O2S. The summed E-state index contributed by atoms with van der Waals surface area (Å²) in [5.74, 6) is -1.88. The van der Waals surface area contributed by atoms with Crippen LogP contribution in [0.25, 0.3) is 10.4 Å². The quantitative estimate of drug-likeness (QED) is 0.817. The highest BCUT2D eigenvalue weighted by Crippen LogP contribution is 2.34. The molecule has 102 valence electrons. The van der Waals surface area contributed by atoms with Crippen LogP contribution in [0.4, 0.5) is 8.78 Å². The standard InChI is InChI=1S/C14H14F2O2S/c1-3-18-11-6-5-10(13(15)14(11)16)12-7-4-9(19-12)8-17-2/h4-7H,3,8H2,1-2H3. The third-order valence-corrected chi connectivity index (χ3v) is 3.65. The minimum Gasteiger partial charge on any atom is -0.491 e. The molecule has 5 heteroatoms. The molecule has 0 unspecified atom stereocenters. The van der Waals surface area contributed by atoms with E-state index in [1.54, 1.807) is 20.1 Å². The average molecular weight is 284 g/mol. The maximum Gasteiger partial charge on any atom is 0.201 e. The molecule has 0 amide bonds. The summed E-state index contributed by atoms with van der Waals surface area (Å²) in [7, 11) is 1.59. The zero-order valence-electron chi connectivity index (χ0n) is 10.7. The number of thiophene rings is 1. The van der Waals surface area contributed by atoms with Crippen LogP contribution < -0.4 is 4.74 Å². The molecular weight excluding hydrogens is 270 g/mol. The number of methoxy groups -OCH3 is 1. The first-order valence-electron chi connectivity index (χ1n) is 5.86. The molecule has 0 aliphatic rings. The maximum atomic E-state index is 14.0. The van der Waals surface area contributed by atoms with Gasteiger partial charge in [0.15, 0.2) is 11.6 Å². The Balaban J connectivity index is 2.36. The van der Waals surface area contributed by atoms with E-state index in [-0.39, 0.29) is 11.3 Å². The Hall–Kier alpha value is -1.46. The fraction of sp³-hybridized carbons (Fsp3) is 0.286. The van der Waals surface area contributed by atoms with E-state index >= 15 is 0 Å². The van der Waals surface area contributed by atoms with Crippen molar-refractivity contribution in [2.45, 2.75) is 13.5 Å². The monoisotopic (exact) mass is 284 g/mol. The summed E-state index contributed by atoms with van der Waals surface area (Å²) >= 11 is 1.38. The molecule has 2 rings (SSSR count). The summed E-state index contributed by atoms with van der Waals surface area (Å²) in [6.07, 6.45) is 0. The van der Waals surface area contributed by atoms with Gasteiger partial charge < -0.3 is 9.47 Å². The molecule has 1 aromatic carbocycles. The van der Waals surface area contributed by atoms with Crippen molar-refractivity contribution in [1.29, 1.82) is 0 Å². The first-order chi connectivity index (χ1) is 9.17. The summed E-state index contributed by atoms with van der Waals surface area (Å²) in [6.45, 7) is 2.49. The van der Waals surface area contributed by atoms with Crippen LogP contribution in [0.2, 0.25) is 0 Å². The zero-order chi connectivity index (χ0) is 13.8. The largest absolute Gasteiger partial charge is 0.491 e. The minimum absolute atomic E-state index is 0.0579. The molecule has 0 bridgehead atoms. The predicted molar refractivity (Wildman–Crippen MR) is 71.6 cm³/mol. The molecule has 0 spiro atoms. The average Bonchev–Trinajstić information content (AvgIpc) is 2.84. The summed E-state index contributed by atoms with van der Waals surface area (Å²) in [5, 5.41) is 0. The zero-order valence-corrected chi connectivity index (χ0v) is 11.5. The van der Waals surface area contributed by atoms with Gasteiger partial charge in [-0.25, -0.2) is 4.39 Å². The first-order valence-corrected chi connectivity index (χ1v) is 6.67. The number of benzene rings is 1. The second kappa shape index (κ2) is 6.12. The normalized spacial score (nSPS) is 10.7. The fourth-order valence-electron chi connectivity index (χ4n) is 1.73. The molecule has 2 aromatic rings. The lowest BCUT2D eigenvalue weighted by atomic mass is 10.1. The van der Waals surface area contributed by atoms with Crippen LogP contribution in [0, 0.1) is 11.6 Å². The molecule has 0 fully saturated rings. The van der Waals surface area contributed by atoms with Gasteiger partial charge in [0.1, 0.15) is 0 Å². The Kier molecular flexibility index (Phi) is 4.50. The lowest BCUT2D eigenvalue weighted by molar-refractivity contribution is 0.187. The molecule has 2 nitrogen and oxygen atoms in total. The van der Waals surface area contributed by atoms with Crippen LogP contribution in [-0.4, -0.2) is 13.7 Å². The highest BCUT2D eigenvalue weighted by molar-refractivity contribution is 7.15. The van der Waals surface area contributed by atoms with Crippen molar-refractivity contribution in [3.8, 4) is 16.2 Å². The molecule has 0 saturated heterocycles. The van der Waals surface area contributed by atoms with Crippen LogP contribution in [0.15, 0.2) is 24.3 Å². The van der Waals surface area contributed by atoms with Gasteiger partial charge in [-0.1, -0.05) is 0 Å². The molecule has 1 heterocycles. The maximum absolute atomic E-state index is 14.0. The van der Waals surface area contributed by atoms with Crippen molar-refractivity contribution < 1.29 is 18.3 Å². The SMILES string of the molecule is CCOc1ccc(-c2ccc(COC)s2)c(F)c1F. The van der Waals surface area contributed by atoms with Crippen LogP contribution in [0.1, 0.15) is 11.8 Å². The van der Waals surface area contributed by atoms with E-state index in [1.807, 2.05) is 6.07 Å². The van der Waals surface area contributed by atoms with Crippen LogP contribution >= 0.6 is 11.3 Å². The van der Waals surface area contributed by atoms with Crippen molar-refractivity contribution in [2.24, 2.45) is 0 Å². The van der Waals surface area contributed by atoms with Gasteiger partial charge in [-0.2, -0.15) is 4.39 Å². The van der Waals surface area contributed by atoms with Crippen molar-refractivity contribution in [3.05, 3.63) is 40.8 Å². The number of hydrogen-bond donors (Lipinski definition) is 0. The Bertz CT molecular complexity index is 567. The molecule has 0 N–H and O–H groups in total. The van der Waals surface area contributed by atoms with E-state index in [0.717, 1.165) is 4.88 Å². The van der Waals surface area contributed by atoms with E-state index < -0.39 is 11.6 Å². The minimum atomic E-state index is -0.943. The third-order valence-electron chi connectivity index (χ3n) is 2.56. The van der Waals surface area contributed by atoms with E-state index in [9.17, 15) is 8.78 Å². The van der Waals surface area contributed by atoms with Gasteiger partial charge in [0.2, 0.25) is 5.82 Å². The molecule has 0 aliphatic carbocycles. The van der Waals surface area contributed by atoms with Gasteiger partial charge >= 0.3 is 0 Å². The summed E-state index contributed by atoms with van der Waals surface area (Å²) < 4.78 is 37.8. The number of hydrogen-bond acceptors (Lipinski definition) is 3. The van der Waals surface area contributed by atoms with Crippen molar-refractivity contribution in [1.82, 2.24) is 0 Å². The van der Waals surface area contributed by atoms with E-state index in [4.69, 9.17) is 9.47 Å². The molecule has 0 radical (unpaired) electrons. The molecule has 0 atom stereocenters. The van der Waals surface area contributed by atoms with Crippen LogP contribution in [0.3, 0.4) is 0 Å². The van der Waals surface area contributed by atoms with Crippen molar-refractivity contribution in [3.63, 3.8) is 0 Å². The van der Waals surface area contributed by atoms with Gasteiger partial charge in [-0.05, 0) is 31.2 Å². The van der Waals surface area contributed by atoms with Gasteiger partial charge in [0.05, 0.1) is 13.2 Å². The Morgan fingerprint density at radius 1 is 1.11 bits per heavy atom.